The van der Waals surface area contributed by atoms with Gasteiger partial charge in [0.25, 0.3) is 0 Å². The zero-order valence-corrected chi connectivity index (χ0v) is 8.69. The minimum atomic E-state index is -4.17. The van der Waals surface area contributed by atoms with Crippen LogP contribution in [-0.4, -0.2) is 12.9 Å². The molecule has 0 fully saturated rings. The number of halogens is 5. The van der Waals surface area contributed by atoms with Crippen molar-refractivity contribution in [3.8, 4) is 0 Å². The lowest BCUT2D eigenvalue weighted by Gasteiger charge is -2.19. The Bertz CT molecular complexity index is 129. The van der Waals surface area contributed by atoms with E-state index in [-0.39, 0.29) is 6.04 Å². The monoisotopic (exact) mass is 224 g/mol. The standard InChI is InChI=1S/C5H9Cl2F3Si/c1-4(5(8,9)10)3-11(2,6)7/h4H,3H2,1-2H3. The van der Waals surface area contributed by atoms with Crippen molar-refractivity contribution in [2.45, 2.75) is 25.7 Å². The van der Waals surface area contributed by atoms with Crippen molar-refractivity contribution >= 4 is 28.9 Å². The molecule has 68 valence electrons. The van der Waals surface area contributed by atoms with Gasteiger partial charge < -0.3 is 0 Å². The topological polar surface area (TPSA) is 0 Å². The highest BCUT2D eigenvalue weighted by molar-refractivity contribution is 7.44. The Hall–Kier alpha value is 0.587. The van der Waals surface area contributed by atoms with Crippen molar-refractivity contribution in [1.29, 1.82) is 0 Å². The van der Waals surface area contributed by atoms with E-state index in [1.807, 2.05) is 0 Å². The highest BCUT2D eigenvalue weighted by atomic mass is 35.7. The van der Waals surface area contributed by atoms with Gasteiger partial charge in [-0.25, -0.2) is 0 Å². The highest BCUT2D eigenvalue weighted by Gasteiger charge is 2.40. The van der Waals surface area contributed by atoms with Crippen LogP contribution >= 0.6 is 22.2 Å². The maximum absolute atomic E-state index is 11.9. The second kappa shape index (κ2) is 3.54. The molecule has 0 bridgehead atoms. The molecule has 0 saturated carbocycles. The van der Waals surface area contributed by atoms with E-state index in [1.165, 1.54) is 6.55 Å². The second-order valence-electron chi connectivity index (χ2n) is 2.72. The van der Waals surface area contributed by atoms with Gasteiger partial charge in [0, 0.05) is 0 Å². The van der Waals surface area contributed by atoms with Crippen molar-refractivity contribution in [2.75, 3.05) is 0 Å². The first-order chi connectivity index (χ1) is 4.63. The minimum absolute atomic E-state index is 0.139. The van der Waals surface area contributed by atoms with Crippen molar-refractivity contribution < 1.29 is 13.2 Å². The molecule has 0 saturated heterocycles. The van der Waals surface area contributed by atoms with E-state index in [1.54, 1.807) is 0 Å². The first-order valence-electron chi connectivity index (χ1n) is 3.07. The van der Waals surface area contributed by atoms with Gasteiger partial charge in [-0.1, -0.05) is 6.92 Å². The molecule has 6 heteroatoms. The lowest BCUT2D eigenvalue weighted by molar-refractivity contribution is -0.164. The summed E-state index contributed by atoms with van der Waals surface area (Å²) in [5, 5.41) is 0. The Morgan fingerprint density at radius 2 is 1.73 bits per heavy atom. The Balaban J connectivity index is 3.99. The quantitative estimate of drug-likeness (QED) is 0.496. The summed E-state index contributed by atoms with van der Waals surface area (Å²) in [7, 11) is 0. The zero-order valence-electron chi connectivity index (χ0n) is 6.17. The molecular weight excluding hydrogens is 216 g/mol. The number of rotatable bonds is 2. The molecule has 0 rings (SSSR count). The van der Waals surface area contributed by atoms with Crippen LogP contribution < -0.4 is 0 Å². The number of alkyl halides is 3. The van der Waals surface area contributed by atoms with Gasteiger partial charge in [-0.05, 0) is 12.6 Å². The summed E-state index contributed by atoms with van der Waals surface area (Å²) >= 11 is 11.1. The third kappa shape index (κ3) is 5.81. The Labute approximate surface area is 74.1 Å². The van der Waals surface area contributed by atoms with Crippen LogP contribution in [0.1, 0.15) is 6.92 Å². The molecule has 0 nitrogen and oxygen atoms in total. The van der Waals surface area contributed by atoms with Gasteiger partial charge in [-0.3, -0.25) is 0 Å². The van der Waals surface area contributed by atoms with Crippen LogP contribution in [-0.2, 0) is 0 Å². The summed E-state index contributed by atoms with van der Waals surface area (Å²) in [6, 6.07) is -0.139. The summed E-state index contributed by atoms with van der Waals surface area (Å²) < 4.78 is 35.7. The smallest absolute Gasteiger partial charge is 0.171 e. The molecule has 0 aliphatic heterocycles. The lowest BCUT2D eigenvalue weighted by Crippen LogP contribution is -2.27. The van der Waals surface area contributed by atoms with Gasteiger partial charge in [0.15, 0.2) is 0 Å². The third-order valence-corrected chi connectivity index (χ3v) is 3.48. The predicted molar refractivity (Wildman–Crippen MR) is 43.4 cm³/mol. The molecule has 0 amide bonds. The molecule has 0 heterocycles. The number of hydrogen-bond donors (Lipinski definition) is 0. The molecule has 0 spiro atoms. The van der Waals surface area contributed by atoms with Crippen LogP contribution in [0.25, 0.3) is 0 Å². The molecule has 1 atom stereocenters. The molecule has 0 aromatic rings. The summed E-state index contributed by atoms with van der Waals surface area (Å²) in [4.78, 5) is 0. The highest BCUT2D eigenvalue weighted by Crippen LogP contribution is 2.35. The van der Waals surface area contributed by atoms with Crippen LogP contribution in [0.5, 0.6) is 0 Å². The van der Waals surface area contributed by atoms with E-state index >= 15 is 0 Å². The Morgan fingerprint density at radius 3 is 1.82 bits per heavy atom. The first kappa shape index (κ1) is 11.6. The van der Waals surface area contributed by atoms with Crippen LogP contribution in [0.2, 0.25) is 12.6 Å². The second-order valence-corrected chi connectivity index (χ2v) is 10.9. The van der Waals surface area contributed by atoms with Crippen molar-refractivity contribution in [1.82, 2.24) is 0 Å². The van der Waals surface area contributed by atoms with Crippen LogP contribution in [0, 0.1) is 5.92 Å². The molecular formula is C5H9Cl2F3Si. The van der Waals surface area contributed by atoms with Gasteiger partial charge in [-0.15, -0.1) is 22.2 Å². The van der Waals surface area contributed by atoms with E-state index in [0.717, 1.165) is 6.92 Å². The average molecular weight is 225 g/mol. The summed E-state index contributed by atoms with van der Waals surface area (Å²) in [6.45, 7) is -0.0279. The van der Waals surface area contributed by atoms with E-state index < -0.39 is 18.8 Å². The molecule has 0 aromatic carbocycles. The van der Waals surface area contributed by atoms with Crippen LogP contribution in [0.4, 0.5) is 13.2 Å². The fourth-order valence-corrected chi connectivity index (χ4v) is 3.35. The summed E-state index contributed by atoms with van der Waals surface area (Å²) in [6.07, 6.45) is -4.17. The van der Waals surface area contributed by atoms with Gasteiger partial charge in [0.1, 0.15) is 0 Å². The van der Waals surface area contributed by atoms with Gasteiger partial charge in [0.2, 0.25) is 6.69 Å². The van der Waals surface area contributed by atoms with Crippen LogP contribution in [0.15, 0.2) is 0 Å². The molecule has 0 aliphatic carbocycles. The minimum Gasteiger partial charge on any atom is -0.171 e. The predicted octanol–water partition coefficient (Wildman–Crippen LogP) is 3.73. The summed E-state index contributed by atoms with van der Waals surface area (Å²) in [5.41, 5.74) is 0. The molecule has 11 heavy (non-hydrogen) atoms. The molecule has 0 aliphatic rings. The van der Waals surface area contributed by atoms with E-state index in [2.05, 4.69) is 0 Å². The van der Waals surface area contributed by atoms with Crippen molar-refractivity contribution in [3.05, 3.63) is 0 Å². The largest absolute Gasteiger partial charge is 0.391 e. The molecule has 0 N–H and O–H groups in total. The fraction of sp³-hybridized carbons (Fsp3) is 1.00. The van der Waals surface area contributed by atoms with Crippen molar-refractivity contribution in [3.63, 3.8) is 0 Å². The number of hydrogen-bond acceptors (Lipinski definition) is 0. The van der Waals surface area contributed by atoms with E-state index in [4.69, 9.17) is 22.2 Å². The SMILES string of the molecule is CC(C[Si](C)(Cl)Cl)C(F)(F)F. The summed E-state index contributed by atoms with van der Waals surface area (Å²) in [5.74, 6) is -1.39. The van der Waals surface area contributed by atoms with Gasteiger partial charge >= 0.3 is 6.18 Å². The van der Waals surface area contributed by atoms with E-state index in [0.29, 0.717) is 0 Å². The van der Waals surface area contributed by atoms with E-state index in [9.17, 15) is 13.2 Å². The normalized spacial score (nSPS) is 16.6. The van der Waals surface area contributed by atoms with Crippen molar-refractivity contribution in [2.24, 2.45) is 5.92 Å². The maximum Gasteiger partial charge on any atom is 0.391 e. The third-order valence-electron chi connectivity index (χ3n) is 1.22. The maximum atomic E-state index is 11.9. The lowest BCUT2D eigenvalue weighted by atomic mass is 10.2. The molecule has 0 radical (unpaired) electrons. The Kier molecular flexibility index (Phi) is 3.73. The molecule has 1 unspecified atom stereocenters. The average Bonchev–Trinajstić information content (AvgIpc) is 1.56. The first-order valence-corrected chi connectivity index (χ1v) is 7.80. The fourth-order valence-electron chi connectivity index (χ4n) is 0.653. The zero-order chi connectivity index (χ0) is 9.28. The van der Waals surface area contributed by atoms with Gasteiger partial charge in [-0.2, -0.15) is 13.2 Å². The Morgan fingerprint density at radius 1 is 1.36 bits per heavy atom. The van der Waals surface area contributed by atoms with Crippen LogP contribution in [0.3, 0.4) is 0 Å². The van der Waals surface area contributed by atoms with Gasteiger partial charge in [0.05, 0.1) is 5.92 Å². The molecule has 0 aromatic heterocycles.